The molecule has 18 heavy (non-hydrogen) atoms. The number of ether oxygens (including phenoxy) is 1. The Bertz CT molecular complexity index is 418. The first-order chi connectivity index (χ1) is 8.61. The zero-order valence-electron chi connectivity index (χ0n) is 10.6. The predicted octanol–water partition coefficient (Wildman–Crippen LogP) is 0.481. The van der Waals surface area contributed by atoms with Gasteiger partial charge >= 0.3 is 5.97 Å². The highest BCUT2D eigenvalue weighted by atomic mass is 16.5. The van der Waals surface area contributed by atoms with E-state index in [0.717, 1.165) is 18.7 Å². The number of methoxy groups -OCH3 is 1. The molecule has 6 heteroatoms. The Morgan fingerprint density at radius 2 is 2.50 bits per heavy atom. The van der Waals surface area contributed by atoms with Crippen LogP contribution in [0.3, 0.4) is 0 Å². The zero-order valence-corrected chi connectivity index (χ0v) is 10.6. The van der Waals surface area contributed by atoms with E-state index in [1.54, 1.807) is 6.20 Å². The first kappa shape index (κ1) is 13.0. The molecule has 0 radical (unpaired) electrons. The van der Waals surface area contributed by atoms with Crippen molar-refractivity contribution in [2.45, 2.75) is 38.5 Å². The number of hydrogen-bond donors (Lipinski definition) is 1. The molecule has 1 saturated heterocycles. The molecular weight excluding hydrogens is 236 g/mol. The van der Waals surface area contributed by atoms with E-state index in [1.807, 2.05) is 11.8 Å². The standard InChI is InChI=1S/C12H18N2O4/c1-8-6-13-10(18-8)7-14-5-3-4-9(15)11(14)12(16)17-2/h6,9,11,15H,3-5,7H2,1-2H3/t9-,11+/m1/s1. The molecule has 0 amide bonds. The van der Waals surface area contributed by atoms with E-state index in [2.05, 4.69) is 4.98 Å². The minimum Gasteiger partial charge on any atom is -0.468 e. The number of nitrogens with zero attached hydrogens (tertiary/aromatic N) is 2. The number of aromatic nitrogens is 1. The molecule has 6 nitrogen and oxygen atoms in total. The third kappa shape index (κ3) is 2.70. The van der Waals surface area contributed by atoms with E-state index in [4.69, 9.17) is 9.15 Å². The Balaban J connectivity index is 2.10. The van der Waals surface area contributed by atoms with Gasteiger partial charge in [0.15, 0.2) is 0 Å². The quantitative estimate of drug-likeness (QED) is 0.791. The van der Waals surface area contributed by atoms with Gasteiger partial charge in [0.25, 0.3) is 0 Å². The van der Waals surface area contributed by atoms with Gasteiger partial charge in [0, 0.05) is 0 Å². The number of esters is 1. The summed E-state index contributed by atoms with van der Waals surface area (Å²) in [5, 5.41) is 9.93. The fourth-order valence-corrected chi connectivity index (χ4v) is 2.30. The highest BCUT2D eigenvalue weighted by Crippen LogP contribution is 2.21. The monoisotopic (exact) mass is 254 g/mol. The summed E-state index contributed by atoms with van der Waals surface area (Å²) >= 11 is 0. The third-order valence-corrected chi connectivity index (χ3v) is 3.15. The molecule has 2 rings (SSSR count). The Morgan fingerprint density at radius 3 is 3.11 bits per heavy atom. The Hall–Kier alpha value is -1.40. The molecule has 0 aromatic carbocycles. The minimum absolute atomic E-state index is 0.407. The van der Waals surface area contributed by atoms with Crippen LogP contribution in [0.15, 0.2) is 10.6 Å². The molecule has 1 aliphatic heterocycles. The van der Waals surface area contributed by atoms with E-state index >= 15 is 0 Å². The molecule has 1 aliphatic rings. The van der Waals surface area contributed by atoms with Crippen molar-refractivity contribution in [1.82, 2.24) is 9.88 Å². The van der Waals surface area contributed by atoms with Gasteiger partial charge in [0.2, 0.25) is 5.89 Å². The summed E-state index contributed by atoms with van der Waals surface area (Å²) in [5.41, 5.74) is 0. The van der Waals surface area contributed by atoms with Crippen LogP contribution in [0.25, 0.3) is 0 Å². The summed E-state index contributed by atoms with van der Waals surface area (Å²) in [5.74, 6) is 0.873. The number of rotatable bonds is 3. The van der Waals surface area contributed by atoms with Crippen molar-refractivity contribution in [1.29, 1.82) is 0 Å². The van der Waals surface area contributed by atoms with Crippen LogP contribution < -0.4 is 0 Å². The van der Waals surface area contributed by atoms with Gasteiger partial charge in [-0.05, 0) is 26.3 Å². The summed E-state index contributed by atoms with van der Waals surface area (Å²) in [6, 6.07) is -0.629. The lowest BCUT2D eigenvalue weighted by Crippen LogP contribution is -2.52. The minimum atomic E-state index is -0.692. The van der Waals surface area contributed by atoms with Crippen molar-refractivity contribution < 1.29 is 19.1 Å². The number of oxazole rings is 1. The van der Waals surface area contributed by atoms with E-state index in [9.17, 15) is 9.90 Å². The SMILES string of the molecule is COC(=O)[C@@H]1[C@H](O)CCCN1Cc1ncc(C)o1. The smallest absolute Gasteiger partial charge is 0.325 e. The third-order valence-electron chi connectivity index (χ3n) is 3.15. The molecular formula is C12H18N2O4. The molecule has 0 saturated carbocycles. The lowest BCUT2D eigenvalue weighted by atomic mass is 9.99. The van der Waals surface area contributed by atoms with Gasteiger partial charge in [-0.25, -0.2) is 4.98 Å². The molecule has 1 aromatic rings. The maximum atomic E-state index is 11.7. The number of carbonyl (C=O) groups is 1. The fourth-order valence-electron chi connectivity index (χ4n) is 2.30. The Kier molecular flexibility index (Phi) is 3.98. The number of piperidine rings is 1. The summed E-state index contributed by atoms with van der Waals surface area (Å²) in [7, 11) is 1.33. The van der Waals surface area contributed by atoms with Crippen molar-refractivity contribution >= 4 is 5.97 Å². The van der Waals surface area contributed by atoms with Crippen LogP contribution in [0.1, 0.15) is 24.5 Å². The van der Waals surface area contributed by atoms with Crippen molar-refractivity contribution in [3.05, 3.63) is 17.8 Å². The number of aliphatic hydroxyl groups excluding tert-OH is 1. The number of aryl methyl sites for hydroxylation is 1. The summed E-state index contributed by atoms with van der Waals surface area (Å²) in [4.78, 5) is 17.7. The largest absolute Gasteiger partial charge is 0.468 e. The van der Waals surface area contributed by atoms with Crippen LogP contribution in [0.4, 0.5) is 0 Å². The second-order valence-electron chi connectivity index (χ2n) is 4.51. The van der Waals surface area contributed by atoms with Gasteiger partial charge in [0.05, 0.1) is 26.0 Å². The van der Waals surface area contributed by atoms with Crippen LogP contribution in [-0.4, -0.2) is 46.8 Å². The van der Waals surface area contributed by atoms with Crippen LogP contribution >= 0.6 is 0 Å². The predicted molar refractivity (Wildman–Crippen MR) is 62.7 cm³/mol. The van der Waals surface area contributed by atoms with E-state index < -0.39 is 18.1 Å². The van der Waals surface area contributed by atoms with Crippen molar-refractivity contribution in [2.24, 2.45) is 0 Å². The van der Waals surface area contributed by atoms with Crippen molar-refractivity contribution in [3.63, 3.8) is 0 Å². The summed E-state index contributed by atoms with van der Waals surface area (Å²) in [6.07, 6.45) is 2.40. The topological polar surface area (TPSA) is 75.8 Å². The van der Waals surface area contributed by atoms with Crippen LogP contribution in [0.5, 0.6) is 0 Å². The molecule has 2 atom stereocenters. The molecule has 1 N–H and O–H groups in total. The second-order valence-corrected chi connectivity index (χ2v) is 4.51. The highest BCUT2D eigenvalue weighted by molar-refractivity contribution is 5.76. The van der Waals surface area contributed by atoms with Crippen molar-refractivity contribution in [3.8, 4) is 0 Å². The first-order valence-corrected chi connectivity index (χ1v) is 6.03. The van der Waals surface area contributed by atoms with Gasteiger partial charge in [-0.2, -0.15) is 0 Å². The Labute approximate surface area is 106 Å². The maximum absolute atomic E-state index is 11.7. The lowest BCUT2D eigenvalue weighted by Gasteiger charge is -2.36. The van der Waals surface area contributed by atoms with Gasteiger partial charge in [-0.15, -0.1) is 0 Å². The Morgan fingerprint density at radius 1 is 1.72 bits per heavy atom. The number of carbonyl (C=O) groups excluding carboxylic acids is 1. The average molecular weight is 254 g/mol. The second kappa shape index (κ2) is 5.49. The molecule has 0 spiro atoms. The molecule has 1 fully saturated rings. The first-order valence-electron chi connectivity index (χ1n) is 6.03. The van der Waals surface area contributed by atoms with Crippen LogP contribution in [0.2, 0.25) is 0 Å². The molecule has 0 unspecified atom stereocenters. The van der Waals surface area contributed by atoms with E-state index in [-0.39, 0.29) is 0 Å². The van der Waals surface area contributed by atoms with E-state index in [1.165, 1.54) is 7.11 Å². The van der Waals surface area contributed by atoms with Gasteiger partial charge in [-0.1, -0.05) is 0 Å². The maximum Gasteiger partial charge on any atom is 0.325 e. The number of aliphatic hydroxyl groups is 1. The van der Waals surface area contributed by atoms with Crippen LogP contribution in [-0.2, 0) is 16.1 Å². The average Bonchev–Trinajstić information content (AvgIpc) is 2.74. The molecule has 100 valence electrons. The zero-order chi connectivity index (χ0) is 13.1. The summed E-state index contributed by atoms with van der Waals surface area (Å²) in [6.45, 7) is 2.95. The molecule has 0 aliphatic carbocycles. The van der Waals surface area contributed by atoms with Gasteiger partial charge in [0.1, 0.15) is 11.8 Å². The normalized spacial score (nSPS) is 25.1. The molecule has 1 aromatic heterocycles. The summed E-state index contributed by atoms with van der Waals surface area (Å²) < 4.78 is 10.1. The number of hydrogen-bond acceptors (Lipinski definition) is 6. The van der Waals surface area contributed by atoms with E-state index in [0.29, 0.717) is 18.9 Å². The van der Waals surface area contributed by atoms with Gasteiger partial charge < -0.3 is 14.3 Å². The van der Waals surface area contributed by atoms with Crippen LogP contribution in [0, 0.1) is 6.92 Å². The molecule has 2 heterocycles. The molecule has 0 bridgehead atoms. The fraction of sp³-hybridized carbons (Fsp3) is 0.667. The van der Waals surface area contributed by atoms with Crippen molar-refractivity contribution in [2.75, 3.05) is 13.7 Å². The highest BCUT2D eigenvalue weighted by Gasteiger charge is 2.37. The number of likely N-dealkylation sites (tertiary alicyclic amines) is 1. The lowest BCUT2D eigenvalue weighted by molar-refractivity contribution is -0.154. The van der Waals surface area contributed by atoms with Gasteiger partial charge in [-0.3, -0.25) is 9.69 Å².